The first-order valence-electron chi connectivity index (χ1n) is 9.97. The molecule has 3 rings (SSSR count). The Balaban J connectivity index is 1.50. The summed E-state index contributed by atoms with van der Waals surface area (Å²) >= 11 is 1.94. The van der Waals surface area contributed by atoms with Crippen LogP contribution in [0.1, 0.15) is 56.3 Å². The Morgan fingerprint density at radius 2 is 1.70 bits per heavy atom. The molecule has 0 bridgehead atoms. The molecule has 2 saturated heterocycles. The molecule has 0 aliphatic carbocycles. The summed E-state index contributed by atoms with van der Waals surface area (Å²) in [7, 11) is 0. The van der Waals surface area contributed by atoms with Crippen molar-refractivity contribution in [2.24, 2.45) is 0 Å². The molecule has 0 aromatic heterocycles. The summed E-state index contributed by atoms with van der Waals surface area (Å²) in [5, 5.41) is 3.10. The first kappa shape index (κ1) is 20.1. The Labute approximate surface area is 166 Å². The van der Waals surface area contributed by atoms with Crippen molar-refractivity contribution >= 4 is 23.6 Å². The minimum absolute atomic E-state index is 0.0340. The number of carbonyl (C=O) groups excluding carboxylic acids is 2. The molecule has 2 heterocycles. The molecule has 148 valence electrons. The number of thioether (sulfide) groups is 1. The highest BCUT2D eigenvalue weighted by molar-refractivity contribution is 7.99. The summed E-state index contributed by atoms with van der Waals surface area (Å²) in [5.41, 5.74) is 0.630. The number of rotatable bonds is 5. The van der Waals surface area contributed by atoms with Crippen molar-refractivity contribution in [3.63, 3.8) is 0 Å². The minimum atomic E-state index is -0.0366. The van der Waals surface area contributed by atoms with E-state index in [1.54, 1.807) is 24.3 Å². The third-order valence-corrected chi connectivity index (χ3v) is 6.57. The van der Waals surface area contributed by atoms with Crippen molar-refractivity contribution in [1.82, 2.24) is 10.2 Å². The fraction of sp³-hybridized carbons (Fsp3) is 0.619. The predicted molar refractivity (Wildman–Crippen MR) is 109 cm³/mol. The van der Waals surface area contributed by atoms with Crippen LogP contribution in [-0.2, 0) is 4.79 Å². The van der Waals surface area contributed by atoms with Gasteiger partial charge in [0.1, 0.15) is 5.75 Å². The second-order valence-electron chi connectivity index (χ2n) is 7.60. The highest BCUT2D eigenvalue weighted by Gasteiger charge is 2.29. The lowest BCUT2D eigenvalue weighted by Crippen LogP contribution is -2.49. The molecule has 2 aliphatic heterocycles. The second-order valence-corrected chi connectivity index (χ2v) is 8.83. The maximum absolute atomic E-state index is 12.5. The van der Waals surface area contributed by atoms with E-state index < -0.39 is 0 Å². The number of carbonyl (C=O) groups is 2. The average molecular weight is 391 g/mol. The third kappa shape index (κ3) is 5.41. The summed E-state index contributed by atoms with van der Waals surface area (Å²) < 4.78 is 5.68. The van der Waals surface area contributed by atoms with E-state index in [1.165, 1.54) is 6.42 Å². The van der Waals surface area contributed by atoms with Crippen molar-refractivity contribution in [1.29, 1.82) is 0 Å². The quantitative estimate of drug-likeness (QED) is 0.836. The molecule has 2 fully saturated rings. The van der Waals surface area contributed by atoms with Gasteiger partial charge in [0.25, 0.3) is 11.8 Å². The second kappa shape index (κ2) is 9.49. The van der Waals surface area contributed by atoms with Gasteiger partial charge in [-0.15, -0.1) is 0 Å². The number of amides is 2. The van der Waals surface area contributed by atoms with Gasteiger partial charge in [0.15, 0.2) is 6.61 Å². The highest BCUT2D eigenvalue weighted by Crippen LogP contribution is 2.23. The maximum atomic E-state index is 12.5. The van der Waals surface area contributed by atoms with E-state index in [0.29, 0.717) is 11.3 Å². The van der Waals surface area contributed by atoms with Gasteiger partial charge < -0.3 is 15.0 Å². The van der Waals surface area contributed by atoms with E-state index in [0.717, 1.165) is 37.2 Å². The summed E-state index contributed by atoms with van der Waals surface area (Å²) in [6.45, 7) is 4.25. The number of hydrogen-bond donors (Lipinski definition) is 1. The largest absolute Gasteiger partial charge is 0.484 e. The van der Waals surface area contributed by atoms with Crippen molar-refractivity contribution in [2.45, 2.75) is 64.1 Å². The van der Waals surface area contributed by atoms with Crippen LogP contribution in [0.25, 0.3) is 0 Å². The molecule has 1 aromatic rings. The van der Waals surface area contributed by atoms with E-state index in [9.17, 15) is 9.59 Å². The minimum Gasteiger partial charge on any atom is -0.484 e. The van der Waals surface area contributed by atoms with Crippen molar-refractivity contribution < 1.29 is 14.3 Å². The van der Waals surface area contributed by atoms with Gasteiger partial charge in [-0.05, 0) is 81.7 Å². The lowest BCUT2D eigenvalue weighted by molar-refractivity contribution is -0.139. The van der Waals surface area contributed by atoms with Crippen molar-refractivity contribution in [2.75, 3.05) is 18.1 Å². The van der Waals surface area contributed by atoms with Gasteiger partial charge in [-0.1, -0.05) is 0 Å². The molecule has 2 amide bonds. The molecule has 27 heavy (non-hydrogen) atoms. The van der Waals surface area contributed by atoms with Crippen LogP contribution in [0.15, 0.2) is 24.3 Å². The van der Waals surface area contributed by atoms with Gasteiger partial charge in [0, 0.05) is 23.7 Å². The van der Waals surface area contributed by atoms with Crippen molar-refractivity contribution in [3.05, 3.63) is 29.8 Å². The van der Waals surface area contributed by atoms with Gasteiger partial charge >= 0.3 is 0 Å². The fourth-order valence-electron chi connectivity index (χ4n) is 3.95. The normalized spacial score (nSPS) is 23.7. The highest BCUT2D eigenvalue weighted by atomic mass is 32.2. The average Bonchev–Trinajstić information content (AvgIpc) is 2.67. The molecule has 6 heteroatoms. The third-order valence-electron chi connectivity index (χ3n) is 5.52. The summed E-state index contributed by atoms with van der Waals surface area (Å²) in [4.78, 5) is 26.8. The molecule has 0 radical (unpaired) electrons. The Hall–Kier alpha value is -1.69. The number of benzene rings is 1. The lowest BCUT2D eigenvalue weighted by atomic mass is 9.97. The first-order chi connectivity index (χ1) is 13.0. The van der Waals surface area contributed by atoms with Crippen LogP contribution < -0.4 is 10.1 Å². The topological polar surface area (TPSA) is 58.6 Å². The van der Waals surface area contributed by atoms with Gasteiger partial charge in [-0.3, -0.25) is 9.59 Å². The molecule has 5 nitrogen and oxygen atoms in total. The Kier molecular flexibility index (Phi) is 7.05. The molecule has 2 aliphatic rings. The Morgan fingerprint density at radius 1 is 1.07 bits per heavy atom. The standard InChI is InChI=1S/C21H30N2O3S/c1-15-4-3-5-16(2)23(15)20(24)14-26-19-8-6-17(7-9-19)21(25)22-18-10-12-27-13-11-18/h6-9,15-16,18H,3-5,10-14H2,1-2H3,(H,22,25). The molecular weight excluding hydrogens is 360 g/mol. The Bertz CT molecular complexity index is 633. The number of nitrogens with zero attached hydrogens (tertiary/aromatic N) is 1. The maximum Gasteiger partial charge on any atom is 0.260 e. The first-order valence-corrected chi connectivity index (χ1v) is 11.1. The van der Waals surface area contributed by atoms with Crippen LogP contribution in [0, 0.1) is 0 Å². The van der Waals surface area contributed by atoms with Gasteiger partial charge in [-0.25, -0.2) is 0 Å². The smallest absolute Gasteiger partial charge is 0.260 e. The van der Waals surface area contributed by atoms with Crippen LogP contribution in [-0.4, -0.2) is 53.0 Å². The Morgan fingerprint density at radius 3 is 2.33 bits per heavy atom. The zero-order valence-corrected chi connectivity index (χ0v) is 17.1. The number of nitrogens with one attached hydrogen (secondary N) is 1. The molecule has 1 N–H and O–H groups in total. The van der Waals surface area contributed by atoms with Crippen molar-refractivity contribution in [3.8, 4) is 5.75 Å². The number of piperidine rings is 1. The fourth-order valence-corrected chi connectivity index (χ4v) is 5.05. The van der Waals surface area contributed by atoms with Crippen LogP contribution in [0.2, 0.25) is 0 Å². The SMILES string of the molecule is CC1CCCC(C)N1C(=O)COc1ccc(C(=O)NC2CCSCC2)cc1. The molecule has 0 saturated carbocycles. The molecular formula is C21H30N2O3S. The summed E-state index contributed by atoms with van der Waals surface area (Å²) in [6.07, 6.45) is 5.36. The number of hydrogen-bond acceptors (Lipinski definition) is 4. The van der Waals surface area contributed by atoms with E-state index in [2.05, 4.69) is 19.2 Å². The predicted octanol–water partition coefficient (Wildman–Crippen LogP) is 3.48. The number of ether oxygens (including phenoxy) is 1. The monoisotopic (exact) mass is 390 g/mol. The van der Waals surface area contributed by atoms with Crippen LogP contribution >= 0.6 is 11.8 Å². The molecule has 1 aromatic carbocycles. The van der Waals surface area contributed by atoms with E-state index >= 15 is 0 Å². The molecule has 0 spiro atoms. The van der Waals surface area contributed by atoms with E-state index in [4.69, 9.17) is 4.74 Å². The molecule has 2 atom stereocenters. The number of likely N-dealkylation sites (tertiary alicyclic amines) is 1. The van der Waals surface area contributed by atoms with Crippen LogP contribution in [0.5, 0.6) is 5.75 Å². The van der Waals surface area contributed by atoms with E-state index in [1.807, 2.05) is 16.7 Å². The van der Waals surface area contributed by atoms with Gasteiger partial charge in [0.05, 0.1) is 0 Å². The summed E-state index contributed by atoms with van der Waals surface area (Å²) in [6, 6.07) is 7.88. The van der Waals surface area contributed by atoms with Gasteiger partial charge in [0.2, 0.25) is 0 Å². The zero-order valence-electron chi connectivity index (χ0n) is 16.3. The van der Waals surface area contributed by atoms with E-state index in [-0.39, 0.29) is 36.5 Å². The van der Waals surface area contributed by atoms with Gasteiger partial charge in [-0.2, -0.15) is 11.8 Å². The lowest BCUT2D eigenvalue weighted by Gasteiger charge is -2.38. The zero-order chi connectivity index (χ0) is 19.2. The summed E-state index contributed by atoms with van der Waals surface area (Å²) in [5.74, 6) is 2.84. The van der Waals surface area contributed by atoms with Crippen LogP contribution in [0.4, 0.5) is 0 Å². The van der Waals surface area contributed by atoms with Crippen LogP contribution in [0.3, 0.4) is 0 Å². The molecule has 2 unspecified atom stereocenters.